The number of ketones is 1. The summed E-state index contributed by atoms with van der Waals surface area (Å²) in [7, 11) is 0. The van der Waals surface area contributed by atoms with Crippen LogP contribution in [0.3, 0.4) is 0 Å². The molecule has 0 aromatic heterocycles. The van der Waals surface area contributed by atoms with Crippen molar-refractivity contribution < 1.29 is 4.79 Å². The number of benzene rings is 1. The minimum atomic E-state index is 0.392. The summed E-state index contributed by atoms with van der Waals surface area (Å²) in [6.07, 6.45) is 6.15. The summed E-state index contributed by atoms with van der Waals surface area (Å²) in [5.74, 6) is 0.978. The maximum absolute atomic E-state index is 12.1. The Morgan fingerprint density at radius 3 is 2.67 bits per heavy atom. The molecule has 1 atom stereocenters. The zero-order valence-electron chi connectivity index (χ0n) is 12.0. The van der Waals surface area contributed by atoms with Gasteiger partial charge >= 0.3 is 0 Å². The molecule has 18 heavy (non-hydrogen) atoms. The van der Waals surface area contributed by atoms with Crippen molar-refractivity contribution >= 4 is 5.78 Å². The highest BCUT2D eigenvalue weighted by molar-refractivity contribution is 5.81. The van der Waals surface area contributed by atoms with Crippen molar-refractivity contribution in [2.45, 2.75) is 59.3 Å². The van der Waals surface area contributed by atoms with Crippen molar-refractivity contribution in [3.8, 4) is 0 Å². The first kappa shape index (κ1) is 14.9. The normalized spacial score (nSPS) is 12.4. The molecule has 1 heteroatoms. The second kappa shape index (κ2) is 8.07. The summed E-state index contributed by atoms with van der Waals surface area (Å²) in [6, 6.07) is 8.28. The molecule has 0 fully saturated rings. The lowest BCUT2D eigenvalue weighted by Gasteiger charge is -2.13. The Hall–Kier alpha value is -1.11. The van der Waals surface area contributed by atoms with Gasteiger partial charge in [-0.15, -0.1) is 0 Å². The molecule has 0 N–H and O–H groups in total. The maximum atomic E-state index is 12.1. The molecule has 1 rings (SSSR count). The molecule has 0 aliphatic carbocycles. The van der Waals surface area contributed by atoms with E-state index in [0.717, 1.165) is 18.4 Å². The van der Waals surface area contributed by atoms with Crippen molar-refractivity contribution in [3.63, 3.8) is 0 Å². The molecule has 0 saturated carbocycles. The van der Waals surface area contributed by atoms with Crippen LogP contribution in [-0.4, -0.2) is 5.78 Å². The van der Waals surface area contributed by atoms with Gasteiger partial charge in [0.1, 0.15) is 5.78 Å². The number of Topliss-reactive ketones (excluding diaryl/α,β-unsaturated/α-hetero) is 1. The first-order chi connectivity index (χ1) is 8.65. The predicted molar refractivity (Wildman–Crippen MR) is 77.8 cm³/mol. The van der Waals surface area contributed by atoms with Crippen molar-refractivity contribution in [3.05, 3.63) is 35.4 Å². The lowest BCUT2D eigenvalue weighted by molar-refractivity contribution is -0.119. The van der Waals surface area contributed by atoms with Crippen LogP contribution in [0.4, 0.5) is 0 Å². The number of carbonyl (C=O) groups excluding carboxylic acids is 1. The quantitative estimate of drug-likeness (QED) is 0.649. The van der Waals surface area contributed by atoms with Gasteiger partial charge in [0.2, 0.25) is 0 Å². The zero-order chi connectivity index (χ0) is 13.4. The van der Waals surface area contributed by atoms with E-state index in [1.54, 1.807) is 0 Å². The fourth-order valence-electron chi connectivity index (χ4n) is 2.39. The minimum Gasteiger partial charge on any atom is -0.299 e. The summed E-state index contributed by atoms with van der Waals surface area (Å²) in [6.45, 7) is 6.48. The van der Waals surface area contributed by atoms with Crippen LogP contribution in [0, 0.1) is 12.8 Å². The molecule has 0 radical (unpaired) electrons. The highest BCUT2D eigenvalue weighted by Gasteiger charge is 2.12. The maximum Gasteiger partial charge on any atom is 0.137 e. The fraction of sp³-hybridized carbons (Fsp3) is 0.588. The number of hydrogen-bond donors (Lipinski definition) is 0. The van der Waals surface area contributed by atoms with Crippen LogP contribution in [0.25, 0.3) is 0 Å². The highest BCUT2D eigenvalue weighted by Crippen LogP contribution is 2.18. The zero-order valence-corrected chi connectivity index (χ0v) is 12.0. The van der Waals surface area contributed by atoms with Gasteiger partial charge in [-0.2, -0.15) is 0 Å². The van der Waals surface area contributed by atoms with Gasteiger partial charge in [-0.3, -0.25) is 4.79 Å². The van der Waals surface area contributed by atoms with E-state index in [4.69, 9.17) is 0 Å². The van der Waals surface area contributed by atoms with Crippen LogP contribution in [0.1, 0.15) is 57.1 Å². The van der Waals surface area contributed by atoms with Crippen LogP contribution in [0.2, 0.25) is 0 Å². The van der Waals surface area contributed by atoms with Crippen LogP contribution in [-0.2, 0) is 11.2 Å². The van der Waals surface area contributed by atoms with E-state index in [2.05, 4.69) is 39.0 Å². The molecule has 1 nitrogen and oxygen atoms in total. The monoisotopic (exact) mass is 246 g/mol. The van der Waals surface area contributed by atoms with Gasteiger partial charge in [-0.25, -0.2) is 0 Å². The van der Waals surface area contributed by atoms with E-state index in [0.29, 0.717) is 18.1 Å². The fourth-order valence-corrected chi connectivity index (χ4v) is 2.39. The summed E-state index contributed by atoms with van der Waals surface area (Å²) in [4.78, 5) is 12.1. The molecular weight excluding hydrogens is 220 g/mol. The van der Waals surface area contributed by atoms with E-state index in [1.165, 1.54) is 24.8 Å². The highest BCUT2D eigenvalue weighted by atomic mass is 16.1. The number of aryl methyl sites for hydroxylation is 1. The molecule has 0 aliphatic heterocycles. The lowest BCUT2D eigenvalue weighted by atomic mass is 9.92. The van der Waals surface area contributed by atoms with E-state index in [9.17, 15) is 4.79 Å². The first-order valence-electron chi connectivity index (χ1n) is 7.23. The Labute approximate surface area is 112 Å². The van der Waals surface area contributed by atoms with Crippen molar-refractivity contribution in [1.29, 1.82) is 0 Å². The van der Waals surface area contributed by atoms with Crippen molar-refractivity contribution in [2.24, 2.45) is 5.92 Å². The summed E-state index contributed by atoms with van der Waals surface area (Å²) < 4.78 is 0. The minimum absolute atomic E-state index is 0.392. The Balaban J connectivity index is 2.45. The number of unbranched alkanes of at least 4 members (excludes halogenated alkanes) is 1. The molecular formula is C17H26O. The molecule has 0 spiro atoms. The molecule has 0 saturated heterocycles. The van der Waals surface area contributed by atoms with Gasteiger partial charge in [0, 0.05) is 12.8 Å². The second-order valence-corrected chi connectivity index (χ2v) is 5.33. The standard InChI is InChI=1S/C17H26O/c1-4-6-9-15(5-2)12-17(18)13-16-10-7-8-14(3)11-16/h7-8,10-11,15H,4-6,9,12-13H2,1-3H3. The van der Waals surface area contributed by atoms with Gasteiger partial charge in [0.15, 0.2) is 0 Å². The number of carbonyl (C=O) groups is 1. The average molecular weight is 246 g/mol. The van der Waals surface area contributed by atoms with Crippen molar-refractivity contribution in [2.75, 3.05) is 0 Å². The van der Waals surface area contributed by atoms with E-state index in [1.807, 2.05) is 6.07 Å². The van der Waals surface area contributed by atoms with Gasteiger partial charge < -0.3 is 0 Å². The Morgan fingerprint density at radius 1 is 1.28 bits per heavy atom. The van der Waals surface area contributed by atoms with E-state index >= 15 is 0 Å². The topological polar surface area (TPSA) is 17.1 Å². The molecule has 0 heterocycles. The van der Waals surface area contributed by atoms with Crippen LogP contribution < -0.4 is 0 Å². The van der Waals surface area contributed by atoms with E-state index < -0.39 is 0 Å². The largest absolute Gasteiger partial charge is 0.299 e. The number of rotatable bonds is 8. The van der Waals surface area contributed by atoms with Gasteiger partial charge in [0.05, 0.1) is 0 Å². The molecule has 0 amide bonds. The Kier molecular flexibility index (Phi) is 6.70. The molecule has 0 bridgehead atoms. The predicted octanol–water partition coefficient (Wildman–Crippen LogP) is 4.71. The SMILES string of the molecule is CCCCC(CC)CC(=O)Cc1cccc(C)c1. The molecule has 1 aromatic carbocycles. The summed E-state index contributed by atoms with van der Waals surface area (Å²) in [5.41, 5.74) is 2.39. The third-order valence-electron chi connectivity index (χ3n) is 3.54. The molecule has 0 aliphatic rings. The summed E-state index contributed by atoms with van der Waals surface area (Å²) in [5, 5.41) is 0. The van der Waals surface area contributed by atoms with Gasteiger partial charge in [-0.1, -0.05) is 69.4 Å². The molecule has 1 unspecified atom stereocenters. The van der Waals surface area contributed by atoms with Crippen LogP contribution in [0.5, 0.6) is 0 Å². The Morgan fingerprint density at radius 2 is 2.06 bits per heavy atom. The lowest BCUT2D eigenvalue weighted by Crippen LogP contribution is -2.10. The van der Waals surface area contributed by atoms with Crippen LogP contribution >= 0.6 is 0 Å². The second-order valence-electron chi connectivity index (χ2n) is 5.33. The van der Waals surface area contributed by atoms with Gasteiger partial charge in [-0.05, 0) is 18.4 Å². The summed E-state index contributed by atoms with van der Waals surface area (Å²) >= 11 is 0. The third-order valence-corrected chi connectivity index (χ3v) is 3.54. The first-order valence-corrected chi connectivity index (χ1v) is 7.23. The molecule has 1 aromatic rings. The average Bonchev–Trinajstić information content (AvgIpc) is 2.34. The third kappa shape index (κ3) is 5.48. The smallest absolute Gasteiger partial charge is 0.137 e. The number of hydrogen-bond acceptors (Lipinski definition) is 1. The van der Waals surface area contributed by atoms with Crippen molar-refractivity contribution in [1.82, 2.24) is 0 Å². The van der Waals surface area contributed by atoms with Gasteiger partial charge in [0.25, 0.3) is 0 Å². The van der Waals surface area contributed by atoms with E-state index in [-0.39, 0.29) is 0 Å². The molecule has 100 valence electrons. The van der Waals surface area contributed by atoms with Crippen LogP contribution in [0.15, 0.2) is 24.3 Å². The Bertz CT molecular complexity index is 368.